The fraction of sp³-hybridized carbons (Fsp3) is 0.333. The van der Waals surface area contributed by atoms with Crippen LogP contribution < -0.4 is 4.72 Å². The highest BCUT2D eigenvalue weighted by molar-refractivity contribution is 7.92. The van der Waals surface area contributed by atoms with E-state index in [1.165, 1.54) is 6.07 Å². The van der Waals surface area contributed by atoms with Crippen LogP contribution in [0.4, 0.5) is 5.69 Å². The number of benzene rings is 2. The van der Waals surface area contributed by atoms with E-state index in [0.717, 1.165) is 18.7 Å². The Morgan fingerprint density at radius 3 is 2.25 bits per heavy atom. The fourth-order valence-electron chi connectivity index (χ4n) is 2.40. The Kier molecular flexibility index (Phi) is 5.85. The zero-order valence-electron chi connectivity index (χ0n) is 14.3. The molecule has 0 saturated heterocycles. The van der Waals surface area contributed by atoms with Gasteiger partial charge in [-0.1, -0.05) is 31.5 Å². The summed E-state index contributed by atoms with van der Waals surface area (Å²) in [7, 11) is -3.64. The first-order valence-corrected chi connectivity index (χ1v) is 9.47. The molecule has 0 fully saturated rings. The van der Waals surface area contributed by atoms with Crippen LogP contribution in [0.15, 0.2) is 47.4 Å². The lowest BCUT2D eigenvalue weighted by atomic mass is 10.1. The second-order valence-electron chi connectivity index (χ2n) is 5.72. The smallest absolute Gasteiger partial charge is 0.261 e. The molecule has 0 amide bonds. The highest BCUT2D eigenvalue weighted by Gasteiger charge is 2.15. The molecular weight excluding hydrogens is 324 g/mol. The third-order valence-corrected chi connectivity index (χ3v) is 5.35. The molecule has 0 atom stereocenters. The molecule has 0 aliphatic rings. The van der Waals surface area contributed by atoms with Gasteiger partial charge in [0.15, 0.2) is 0 Å². The minimum Gasteiger partial charge on any atom is -0.508 e. The summed E-state index contributed by atoms with van der Waals surface area (Å²) < 4.78 is 27.5. The average molecular weight is 348 g/mol. The van der Waals surface area contributed by atoms with Gasteiger partial charge in [0.05, 0.1) is 4.90 Å². The normalized spacial score (nSPS) is 11.7. The molecule has 24 heavy (non-hydrogen) atoms. The van der Waals surface area contributed by atoms with Gasteiger partial charge in [0.25, 0.3) is 10.0 Å². The number of phenols is 1. The number of nitrogens with zero attached hydrogens (tertiary/aromatic N) is 1. The van der Waals surface area contributed by atoms with Crippen molar-refractivity contribution in [1.82, 2.24) is 4.90 Å². The molecule has 0 radical (unpaired) electrons. The molecule has 6 heteroatoms. The number of nitrogens with one attached hydrogen (secondary N) is 1. The third kappa shape index (κ3) is 4.49. The predicted molar refractivity (Wildman–Crippen MR) is 96.7 cm³/mol. The summed E-state index contributed by atoms with van der Waals surface area (Å²) >= 11 is 0. The van der Waals surface area contributed by atoms with E-state index in [-0.39, 0.29) is 10.6 Å². The van der Waals surface area contributed by atoms with Gasteiger partial charge < -0.3 is 5.11 Å². The van der Waals surface area contributed by atoms with Crippen molar-refractivity contribution in [1.29, 1.82) is 0 Å². The highest BCUT2D eigenvalue weighted by Crippen LogP contribution is 2.25. The first-order valence-electron chi connectivity index (χ1n) is 7.99. The van der Waals surface area contributed by atoms with Crippen LogP contribution in [-0.2, 0) is 16.6 Å². The molecule has 2 rings (SSSR count). The molecule has 0 bridgehead atoms. The van der Waals surface area contributed by atoms with Gasteiger partial charge in [-0.05, 0) is 50.3 Å². The molecule has 0 aliphatic heterocycles. The monoisotopic (exact) mass is 348 g/mol. The molecule has 2 aromatic carbocycles. The number of hydrogen-bond acceptors (Lipinski definition) is 4. The first kappa shape index (κ1) is 18.3. The molecule has 0 aliphatic carbocycles. The maximum absolute atomic E-state index is 12.5. The van der Waals surface area contributed by atoms with Crippen LogP contribution in [0.25, 0.3) is 0 Å². The maximum atomic E-state index is 12.5. The number of phenolic OH excluding ortho intramolecular Hbond substituents is 1. The molecule has 0 saturated carbocycles. The lowest BCUT2D eigenvalue weighted by Gasteiger charge is -2.19. The van der Waals surface area contributed by atoms with E-state index >= 15 is 0 Å². The largest absolute Gasteiger partial charge is 0.508 e. The molecule has 5 nitrogen and oxygen atoms in total. The van der Waals surface area contributed by atoms with Crippen molar-refractivity contribution in [2.45, 2.75) is 32.2 Å². The summed E-state index contributed by atoms with van der Waals surface area (Å²) in [6.07, 6.45) is 0. The maximum Gasteiger partial charge on any atom is 0.261 e. The van der Waals surface area contributed by atoms with Crippen molar-refractivity contribution in [3.05, 3.63) is 53.6 Å². The van der Waals surface area contributed by atoms with Gasteiger partial charge in [0, 0.05) is 17.8 Å². The Bertz CT molecular complexity index is 782. The zero-order chi connectivity index (χ0) is 17.7. The number of aromatic hydroxyl groups is 1. The van der Waals surface area contributed by atoms with Gasteiger partial charge in [-0.2, -0.15) is 0 Å². The second kappa shape index (κ2) is 7.68. The second-order valence-corrected chi connectivity index (χ2v) is 7.41. The van der Waals surface area contributed by atoms with Crippen molar-refractivity contribution >= 4 is 15.7 Å². The zero-order valence-corrected chi connectivity index (χ0v) is 15.1. The molecule has 0 spiro atoms. The van der Waals surface area contributed by atoms with E-state index in [4.69, 9.17) is 0 Å². The summed E-state index contributed by atoms with van der Waals surface area (Å²) in [4.78, 5) is 2.36. The van der Waals surface area contributed by atoms with Gasteiger partial charge in [0.1, 0.15) is 5.75 Å². The Balaban J connectivity index is 2.24. The van der Waals surface area contributed by atoms with Gasteiger partial charge >= 0.3 is 0 Å². The molecule has 0 unspecified atom stereocenters. The summed E-state index contributed by atoms with van der Waals surface area (Å²) in [5, 5.41) is 10.0. The molecule has 130 valence electrons. The number of hydrogen-bond donors (Lipinski definition) is 2. The Morgan fingerprint density at radius 1 is 1.04 bits per heavy atom. The van der Waals surface area contributed by atoms with E-state index in [1.54, 1.807) is 36.4 Å². The van der Waals surface area contributed by atoms with Crippen LogP contribution >= 0.6 is 0 Å². The topological polar surface area (TPSA) is 69.6 Å². The quantitative estimate of drug-likeness (QED) is 0.753. The summed E-state index contributed by atoms with van der Waals surface area (Å²) in [6, 6.07) is 11.4. The van der Waals surface area contributed by atoms with Gasteiger partial charge in [-0.15, -0.1) is 0 Å². The van der Waals surface area contributed by atoms with Gasteiger partial charge in [-0.25, -0.2) is 8.42 Å². The van der Waals surface area contributed by atoms with Crippen molar-refractivity contribution in [2.24, 2.45) is 0 Å². The Morgan fingerprint density at radius 2 is 1.67 bits per heavy atom. The standard InChI is InChI=1S/C18H24N2O3S/c1-4-20(5-2)13-15-12-16(8-11-18(15)21)19-24(22,23)17-9-6-14(3)7-10-17/h6-12,19,21H,4-5,13H2,1-3H3. The van der Waals surface area contributed by atoms with E-state index in [0.29, 0.717) is 17.8 Å². The van der Waals surface area contributed by atoms with Crippen molar-refractivity contribution < 1.29 is 13.5 Å². The Labute approximate surface area is 144 Å². The first-order chi connectivity index (χ1) is 11.4. The van der Waals surface area contributed by atoms with Gasteiger partial charge in [-0.3, -0.25) is 9.62 Å². The summed E-state index contributed by atoms with van der Waals surface area (Å²) in [5.41, 5.74) is 2.14. The summed E-state index contributed by atoms with van der Waals surface area (Å²) in [6.45, 7) is 8.28. The van der Waals surface area contributed by atoms with Crippen molar-refractivity contribution in [3.8, 4) is 5.75 Å². The van der Waals surface area contributed by atoms with Crippen LogP contribution in [0.2, 0.25) is 0 Å². The number of rotatable bonds is 7. The van der Waals surface area contributed by atoms with E-state index in [2.05, 4.69) is 9.62 Å². The van der Waals surface area contributed by atoms with Crippen LogP contribution in [0.3, 0.4) is 0 Å². The van der Waals surface area contributed by atoms with Crippen LogP contribution in [0, 0.1) is 6.92 Å². The molecule has 2 N–H and O–H groups in total. The van der Waals surface area contributed by atoms with Crippen molar-refractivity contribution in [3.63, 3.8) is 0 Å². The molecule has 2 aromatic rings. The third-order valence-electron chi connectivity index (χ3n) is 3.95. The van der Waals surface area contributed by atoms with Crippen LogP contribution in [0.5, 0.6) is 5.75 Å². The molecule has 0 aromatic heterocycles. The predicted octanol–water partition coefficient (Wildman–Crippen LogP) is 3.34. The average Bonchev–Trinajstić information content (AvgIpc) is 2.55. The molecule has 0 heterocycles. The molecular formula is C18H24N2O3S. The van der Waals surface area contributed by atoms with Crippen LogP contribution in [-0.4, -0.2) is 31.5 Å². The van der Waals surface area contributed by atoms with E-state index in [1.807, 2.05) is 20.8 Å². The number of aryl methyl sites for hydroxylation is 1. The van der Waals surface area contributed by atoms with Crippen LogP contribution in [0.1, 0.15) is 25.0 Å². The minimum absolute atomic E-state index is 0.167. The van der Waals surface area contributed by atoms with Gasteiger partial charge in [0.2, 0.25) is 0 Å². The Hall–Kier alpha value is -2.05. The number of anilines is 1. The minimum atomic E-state index is -3.64. The highest BCUT2D eigenvalue weighted by atomic mass is 32.2. The summed E-state index contributed by atoms with van der Waals surface area (Å²) in [5.74, 6) is 0.167. The SMILES string of the molecule is CCN(CC)Cc1cc(NS(=O)(=O)c2ccc(C)cc2)ccc1O. The van der Waals surface area contributed by atoms with E-state index in [9.17, 15) is 13.5 Å². The lowest BCUT2D eigenvalue weighted by molar-refractivity contribution is 0.291. The van der Waals surface area contributed by atoms with E-state index < -0.39 is 10.0 Å². The number of sulfonamides is 1. The van der Waals surface area contributed by atoms with Crippen molar-refractivity contribution in [2.75, 3.05) is 17.8 Å². The fourth-order valence-corrected chi connectivity index (χ4v) is 3.44. The lowest BCUT2D eigenvalue weighted by Crippen LogP contribution is -2.22.